The molecule has 2 heterocycles. The molecule has 4 rings (SSSR count). The van der Waals surface area contributed by atoms with Crippen molar-refractivity contribution in [2.75, 3.05) is 44.2 Å². The summed E-state index contributed by atoms with van der Waals surface area (Å²) >= 11 is 1.75. The van der Waals surface area contributed by atoms with E-state index < -0.39 is 0 Å². The van der Waals surface area contributed by atoms with Crippen LogP contribution in [0.4, 0.5) is 9.52 Å². The quantitative estimate of drug-likeness (QED) is 0.717. The van der Waals surface area contributed by atoms with Crippen LogP contribution < -0.4 is 10.2 Å². The summed E-state index contributed by atoms with van der Waals surface area (Å²) in [5.74, 6) is -0.499. The molecule has 3 aromatic rings. The molecule has 1 aromatic heterocycles. The number of hydrogen-bond acceptors (Lipinski definition) is 5. The number of carbonyl (C=O) groups is 1. The smallest absolute Gasteiger partial charge is 0.251 e. The predicted molar refractivity (Wildman–Crippen MR) is 112 cm³/mol. The first-order valence-electron chi connectivity index (χ1n) is 9.47. The molecule has 1 amide bonds. The van der Waals surface area contributed by atoms with E-state index in [0.29, 0.717) is 12.1 Å². The first kappa shape index (κ1) is 18.8. The summed E-state index contributed by atoms with van der Waals surface area (Å²) in [4.78, 5) is 21.5. The molecular formula is C21H23FN4OS. The van der Waals surface area contributed by atoms with Crippen molar-refractivity contribution in [1.82, 2.24) is 15.2 Å². The van der Waals surface area contributed by atoms with E-state index in [1.54, 1.807) is 11.3 Å². The SMILES string of the molecule is Cc1ccc2nc(N3CCN(CCNC(=O)c4ccc(F)cc4)CC3)sc2c1. The van der Waals surface area contributed by atoms with Crippen LogP contribution in [0.1, 0.15) is 15.9 Å². The monoisotopic (exact) mass is 398 g/mol. The number of hydrogen-bond donors (Lipinski definition) is 1. The Morgan fingerprint density at radius 3 is 2.64 bits per heavy atom. The number of carbonyl (C=O) groups excluding carboxylic acids is 1. The second-order valence-corrected chi connectivity index (χ2v) is 8.07. The molecule has 0 atom stereocenters. The largest absolute Gasteiger partial charge is 0.351 e. The summed E-state index contributed by atoms with van der Waals surface area (Å²) in [6.07, 6.45) is 0. The summed E-state index contributed by atoms with van der Waals surface area (Å²) in [6.45, 7) is 7.25. The maximum Gasteiger partial charge on any atom is 0.251 e. The Balaban J connectivity index is 1.24. The Kier molecular flexibility index (Phi) is 5.54. The Morgan fingerprint density at radius 1 is 1.14 bits per heavy atom. The van der Waals surface area contributed by atoms with Gasteiger partial charge in [0.15, 0.2) is 5.13 Å². The summed E-state index contributed by atoms with van der Waals surface area (Å²) < 4.78 is 14.2. The normalized spacial score (nSPS) is 15.1. The lowest BCUT2D eigenvalue weighted by atomic mass is 10.2. The van der Waals surface area contributed by atoms with E-state index in [-0.39, 0.29) is 11.7 Å². The third-order valence-corrected chi connectivity index (χ3v) is 6.07. The van der Waals surface area contributed by atoms with Gasteiger partial charge in [-0.25, -0.2) is 9.37 Å². The number of amides is 1. The molecule has 0 radical (unpaired) electrons. The van der Waals surface area contributed by atoms with Gasteiger partial charge in [0.05, 0.1) is 10.2 Å². The van der Waals surface area contributed by atoms with Gasteiger partial charge in [-0.1, -0.05) is 17.4 Å². The van der Waals surface area contributed by atoms with Crippen molar-refractivity contribution in [3.63, 3.8) is 0 Å². The van der Waals surface area contributed by atoms with Gasteiger partial charge >= 0.3 is 0 Å². The number of piperazine rings is 1. The van der Waals surface area contributed by atoms with Crippen LogP contribution in [0.25, 0.3) is 10.2 Å². The van der Waals surface area contributed by atoms with Crippen molar-refractivity contribution in [3.8, 4) is 0 Å². The van der Waals surface area contributed by atoms with E-state index in [1.165, 1.54) is 34.5 Å². The number of rotatable bonds is 5. The van der Waals surface area contributed by atoms with E-state index >= 15 is 0 Å². The van der Waals surface area contributed by atoms with Crippen molar-refractivity contribution >= 4 is 32.6 Å². The van der Waals surface area contributed by atoms with Crippen LogP contribution in [0.15, 0.2) is 42.5 Å². The minimum atomic E-state index is -0.335. The number of aryl methyl sites for hydroxylation is 1. The molecule has 1 aliphatic rings. The summed E-state index contributed by atoms with van der Waals surface area (Å²) in [7, 11) is 0. The molecule has 1 aliphatic heterocycles. The van der Waals surface area contributed by atoms with Gasteiger partial charge in [0.25, 0.3) is 5.91 Å². The number of thiazole rings is 1. The van der Waals surface area contributed by atoms with Crippen molar-refractivity contribution in [2.45, 2.75) is 6.92 Å². The highest BCUT2D eigenvalue weighted by Crippen LogP contribution is 2.29. The molecule has 28 heavy (non-hydrogen) atoms. The van der Waals surface area contributed by atoms with E-state index in [2.05, 4.69) is 40.2 Å². The Morgan fingerprint density at radius 2 is 1.89 bits per heavy atom. The van der Waals surface area contributed by atoms with E-state index in [4.69, 9.17) is 4.98 Å². The van der Waals surface area contributed by atoms with E-state index in [9.17, 15) is 9.18 Å². The number of nitrogens with zero attached hydrogens (tertiary/aromatic N) is 3. The molecule has 1 saturated heterocycles. The van der Waals surface area contributed by atoms with Gasteiger partial charge in [0.1, 0.15) is 5.82 Å². The van der Waals surface area contributed by atoms with Crippen LogP contribution in [0.3, 0.4) is 0 Å². The molecule has 0 saturated carbocycles. The number of nitrogens with one attached hydrogen (secondary N) is 1. The lowest BCUT2D eigenvalue weighted by molar-refractivity contribution is 0.0947. The van der Waals surface area contributed by atoms with Gasteiger partial charge in [0.2, 0.25) is 0 Å². The molecule has 2 aromatic carbocycles. The average Bonchev–Trinajstić information content (AvgIpc) is 3.12. The Hall–Kier alpha value is -2.51. The van der Waals surface area contributed by atoms with Crippen LogP contribution in [0, 0.1) is 12.7 Å². The molecule has 0 aliphatic carbocycles. The fraction of sp³-hybridized carbons (Fsp3) is 0.333. The van der Waals surface area contributed by atoms with Gasteiger partial charge in [-0.05, 0) is 48.9 Å². The Labute approximate surface area is 167 Å². The summed E-state index contributed by atoms with van der Waals surface area (Å²) in [6, 6.07) is 12.0. The van der Waals surface area contributed by atoms with E-state index in [1.807, 2.05) is 0 Å². The molecule has 1 N–H and O–H groups in total. The highest BCUT2D eigenvalue weighted by molar-refractivity contribution is 7.22. The fourth-order valence-electron chi connectivity index (χ4n) is 3.35. The molecule has 146 valence electrons. The maximum atomic E-state index is 12.9. The lowest BCUT2D eigenvalue weighted by Gasteiger charge is -2.34. The maximum absolute atomic E-state index is 12.9. The van der Waals surface area contributed by atoms with Crippen molar-refractivity contribution in [1.29, 1.82) is 0 Å². The molecule has 0 unspecified atom stereocenters. The highest BCUT2D eigenvalue weighted by atomic mass is 32.1. The van der Waals surface area contributed by atoms with Crippen LogP contribution in [0.2, 0.25) is 0 Å². The number of halogens is 1. The predicted octanol–water partition coefficient (Wildman–Crippen LogP) is 3.30. The number of anilines is 1. The highest BCUT2D eigenvalue weighted by Gasteiger charge is 2.19. The second-order valence-electron chi connectivity index (χ2n) is 7.06. The van der Waals surface area contributed by atoms with E-state index in [0.717, 1.165) is 43.4 Å². The third kappa shape index (κ3) is 4.31. The van der Waals surface area contributed by atoms with Gasteiger partial charge in [-0.3, -0.25) is 9.69 Å². The first-order chi connectivity index (χ1) is 13.6. The third-order valence-electron chi connectivity index (χ3n) is 5.00. The topological polar surface area (TPSA) is 48.5 Å². The zero-order valence-electron chi connectivity index (χ0n) is 15.8. The molecule has 5 nitrogen and oxygen atoms in total. The minimum Gasteiger partial charge on any atom is -0.351 e. The fourth-order valence-corrected chi connectivity index (χ4v) is 4.46. The van der Waals surface area contributed by atoms with Gasteiger partial charge in [0, 0.05) is 44.8 Å². The Bertz CT molecular complexity index is 964. The number of aromatic nitrogens is 1. The standard InChI is InChI=1S/C21H23FN4OS/c1-15-2-7-18-19(14-15)28-21(24-18)26-12-10-25(11-13-26)9-8-23-20(27)16-3-5-17(22)6-4-16/h2-7,14H,8-13H2,1H3,(H,23,27). The molecular weight excluding hydrogens is 375 g/mol. The summed E-state index contributed by atoms with van der Waals surface area (Å²) in [5, 5.41) is 3.99. The molecule has 0 bridgehead atoms. The molecule has 0 spiro atoms. The zero-order valence-corrected chi connectivity index (χ0v) is 16.6. The molecule has 1 fully saturated rings. The lowest BCUT2D eigenvalue weighted by Crippen LogP contribution is -2.48. The zero-order chi connectivity index (χ0) is 19.5. The van der Waals surface area contributed by atoms with Crippen molar-refractivity contribution in [3.05, 3.63) is 59.4 Å². The van der Waals surface area contributed by atoms with Crippen LogP contribution in [-0.4, -0.2) is 55.1 Å². The van der Waals surface area contributed by atoms with Crippen molar-refractivity contribution < 1.29 is 9.18 Å². The van der Waals surface area contributed by atoms with Crippen LogP contribution in [0.5, 0.6) is 0 Å². The van der Waals surface area contributed by atoms with Crippen LogP contribution in [-0.2, 0) is 0 Å². The molecule has 7 heteroatoms. The minimum absolute atomic E-state index is 0.164. The van der Waals surface area contributed by atoms with Gasteiger partial charge in [-0.15, -0.1) is 0 Å². The van der Waals surface area contributed by atoms with Gasteiger partial charge in [-0.2, -0.15) is 0 Å². The van der Waals surface area contributed by atoms with Crippen LogP contribution >= 0.6 is 11.3 Å². The second kappa shape index (κ2) is 8.24. The van der Waals surface area contributed by atoms with Crippen molar-refractivity contribution in [2.24, 2.45) is 0 Å². The number of benzene rings is 2. The first-order valence-corrected chi connectivity index (χ1v) is 10.3. The number of fused-ring (bicyclic) bond motifs is 1. The average molecular weight is 399 g/mol. The van der Waals surface area contributed by atoms with Gasteiger partial charge < -0.3 is 10.2 Å². The summed E-state index contributed by atoms with van der Waals surface area (Å²) in [5.41, 5.74) is 2.81.